The van der Waals surface area contributed by atoms with Crippen LogP contribution >= 0.6 is 0 Å². The number of aromatic nitrogens is 3. The van der Waals surface area contributed by atoms with Gasteiger partial charge in [0.2, 0.25) is 11.7 Å². The van der Waals surface area contributed by atoms with Crippen molar-refractivity contribution in [3.63, 3.8) is 0 Å². The molecule has 0 radical (unpaired) electrons. The molecule has 4 aromatic rings. The Hall–Kier alpha value is -3.49. The first-order chi connectivity index (χ1) is 16.1. The molecule has 5 rings (SSSR count). The van der Waals surface area contributed by atoms with E-state index in [-0.39, 0.29) is 11.8 Å². The van der Waals surface area contributed by atoms with E-state index in [9.17, 15) is 4.79 Å². The van der Waals surface area contributed by atoms with Gasteiger partial charge in [-0.05, 0) is 37.3 Å². The number of para-hydroxylation sites is 1. The summed E-state index contributed by atoms with van der Waals surface area (Å²) in [4.78, 5) is 25.4. The molecule has 8 nitrogen and oxygen atoms in total. The summed E-state index contributed by atoms with van der Waals surface area (Å²) < 4.78 is 10.7. The van der Waals surface area contributed by atoms with E-state index in [0.717, 1.165) is 54.0 Å². The number of carbonyl (C=O) groups excluding carboxylic acids is 1. The van der Waals surface area contributed by atoms with Gasteiger partial charge in [-0.2, -0.15) is 4.98 Å². The average Bonchev–Trinajstić information content (AvgIpc) is 3.51. The Bertz CT molecular complexity index is 1240. The minimum Gasteiger partial charge on any atom is -0.497 e. The zero-order valence-corrected chi connectivity index (χ0v) is 18.8. The fraction of sp³-hybridized carbons (Fsp3) is 0.320. The first-order valence-corrected chi connectivity index (χ1v) is 11.2. The van der Waals surface area contributed by atoms with Crippen molar-refractivity contribution in [1.82, 2.24) is 24.9 Å². The number of rotatable bonds is 7. The van der Waals surface area contributed by atoms with E-state index in [4.69, 9.17) is 9.26 Å². The molecule has 0 unspecified atom stereocenters. The molecule has 0 amide bonds. The van der Waals surface area contributed by atoms with Crippen molar-refractivity contribution in [3.8, 4) is 17.1 Å². The number of Topliss-reactive ketones (excluding diaryl/α,β-unsaturated/α-hetero) is 1. The number of fused-ring (bicyclic) bond motifs is 1. The molecule has 1 atom stereocenters. The van der Waals surface area contributed by atoms with Crippen molar-refractivity contribution in [3.05, 3.63) is 66.2 Å². The van der Waals surface area contributed by atoms with Crippen molar-refractivity contribution in [2.75, 3.05) is 33.3 Å². The zero-order valence-electron chi connectivity index (χ0n) is 18.8. The highest BCUT2D eigenvalue weighted by molar-refractivity contribution is 6.10. The van der Waals surface area contributed by atoms with Crippen molar-refractivity contribution < 1.29 is 14.1 Å². The smallest absolute Gasteiger partial charge is 0.241 e. The monoisotopic (exact) mass is 445 g/mol. The van der Waals surface area contributed by atoms with Crippen LogP contribution in [-0.4, -0.2) is 70.0 Å². The first-order valence-electron chi connectivity index (χ1n) is 11.2. The predicted octanol–water partition coefficient (Wildman–Crippen LogP) is 3.62. The highest BCUT2D eigenvalue weighted by atomic mass is 16.5. The van der Waals surface area contributed by atoms with E-state index in [0.29, 0.717) is 18.3 Å². The van der Waals surface area contributed by atoms with Crippen LogP contribution in [0.25, 0.3) is 22.3 Å². The molecule has 33 heavy (non-hydrogen) atoms. The van der Waals surface area contributed by atoms with Gasteiger partial charge in [-0.25, -0.2) is 0 Å². The Morgan fingerprint density at radius 2 is 1.88 bits per heavy atom. The van der Waals surface area contributed by atoms with Gasteiger partial charge in [0.05, 0.1) is 19.7 Å². The molecule has 0 spiro atoms. The predicted molar refractivity (Wildman–Crippen MR) is 125 cm³/mol. The second-order valence-corrected chi connectivity index (χ2v) is 8.34. The Morgan fingerprint density at radius 1 is 1.12 bits per heavy atom. The van der Waals surface area contributed by atoms with E-state index in [1.807, 2.05) is 61.7 Å². The van der Waals surface area contributed by atoms with Crippen LogP contribution in [0.5, 0.6) is 5.75 Å². The maximum Gasteiger partial charge on any atom is 0.241 e. The molecule has 170 valence electrons. The van der Waals surface area contributed by atoms with E-state index >= 15 is 0 Å². The van der Waals surface area contributed by atoms with E-state index in [1.54, 1.807) is 7.11 Å². The van der Waals surface area contributed by atoms with Gasteiger partial charge >= 0.3 is 0 Å². The summed E-state index contributed by atoms with van der Waals surface area (Å²) in [5.74, 6) is 2.11. The van der Waals surface area contributed by atoms with Crippen molar-refractivity contribution in [1.29, 1.82) is 0 Å². The molecular weight excluding hydrogens is 418 g/mol. The summed E-state index contributed by atoms with van der Waals surface area (Å²) in [6, 6.07) is 15.3. The summed E-state index contributed by atoms with van der Waals surface area (Å²) in [7, 11) is 1.64. The Morgan fingerprint density at radius 3 is 2.64 bits per heavy atom. The molecule has 8 heteroatoms. The third-order valence-electron chi connectivity index (χ3n) is 6.36. The molecule has 0 aliphatic carbocycles. The number of nitrogens with zero attached hydrogens (tertiary/aromatic N) is 4. The standard InChI is InChI=1S/C25H27N5O3/c1-17(24(31)21-15-26-22-6-4-3-5-20(21)22)30-13-11-29(12-14-30)16-23-27-25(28-33-23)18-7-9-19(32-2)10-8-18/h3-10,15,17,26H,11-14,16H2,1-2H3/t17-/m0/s1. The van der Waals surface area contributed by atoms with Gasteiger partial charge in [0.15, 0.2) is 5.78 Å². The minimum absolute atomic E-state index is 0.155. The van der Waals surface area contributed by atoms with E-state index in [1.165, 1.54) is 0 Å². The number of methoxy groups -OCH3 is 1. The quantitative estimate of drug-likeness (QED) is 0.435. The van der Waals surface area contributed by atoms with E-state index < -0.39 is 0 Å². The number of ketones is 1. The maximum atomic E-state index is 13.2. The molecule has 1 fully saturated rings. The SMILES string of the molecule is COc1ccc(-c2noc(CN3CCN([C@@H](C)C(=O)c4c[nH]c5ccccc45)CC3)n2)cc1. The lowest BCUT2D eigenvalue weighted by Gasteiger charge is -2.36. The molecule has 3 heterocycles. The molecular formula is C25H27N5O3. The number of piperazine rings is 1. The van der Waals surface area contributed by atoms with Crippen LogP contribution in [-0.2, 0) is 6.54 Å². The van der Waals surface area contributed by atoms with Crippen molar-refractivity contribution in [2.24, 2.45) is 0 Å². The fourth-order valence-electron chi connectivity index (χ4n) is 4.34. The van der Waals surface area contributed by atoms with Crippen LogP contribution in [0.1, 0.15) is 23.2 Å². The second-order valence-electron chi connectivity index (χ2n) is 8.34. The lowest BCUT2D eigenvalue weighted by molar-refractivity contribution is 0.0666. The van der Waals surface area contributed by atoms with Crippen LogP contribution in [0.3, 0.4) is 0 Å². The van der Waals surface area contributed by atoms with Crippen LogP contribution in [0.4, 0.5) is 0 Å². The van der Waals surface area contributed by atoms with Gasteiger partial charge in [-0.15, -0.1) is 0 Å². The zero-order chi connectivity index (χ0) is 22.8. The molecule has 1 aliphatic heterocycles. The summed E-state index contributed by atoms with van der Waals surface area (Å²) in [6.45, 7) is 5.90. The van der Waals surface area contributed by atoms with Gasteiger partial charge in [0, 0.05) is 54.4 Å². The second kappa shape index (κ2) is 9.17. The summed E-state index contributed by atoms with van der Waals surface area (Å²) in [5, 5.41) is 5.10. The van der Waals surface area contributed by atoms with Crippen molar-refractivity contribution in [2.45, 2.75) is 19.5 Å². The van der Waals surface area contributed by atoms with Crippen LogP contribution in [0, 0.1) is 0 Å². The molecule has 1 aliphatic rings. The number of nitrogens with one attached hydrogen (secondary N) is 1. The highest BCUT2D eigenvalue weighted by Crippen LogP contribution is 2.22. The number of hydrogen-bond acceptors (Lipinski definition) is 7. The Kier molecular flexibility index (Phi) is 5.93. The number of carbonyl (C=O) groups is 1. The summed E-state index contributed by atoms with van der Waals surface area (Å²) in [6.07, 6.45) is 1.83. The van der Waals surface area contributed by atoms with Crippen LogP contribution in [0.2, 0.25) is 0 Å². The lowest BCUT2D eigenvalue weighted by atomic mass is 10.0. The van der Waals surface area contributed by atoms with E-state index in [2.05, 4.69) is 24.9 Å². The normalized spacial score (nSPS) is 16.2. The first kappa shape index (κ1) is 21.4. The molecule has 2 aromatic heterocycles. The summed E-state index contributed by atoms with van der Waals surface area (Å²) in [5.41, 5.74) is 2.64. The number of aromatic amines is 1. The Balaban J connectivity index is 1.17. The van der Waals surface area contributed by atoms with Gasteiger partial charge < -0.3 is 14.2 Å². The third kappa shape index (κ3) is 4.40. The molecule has 2 aromatic carbocycles. The lowest BCUT2D eigenvalue weighted by Crippen LogP contribution is -2.51. The number of benzene rings is 2. The van der Waals surface area contributed by atoms with Gasteiger partial charge in [0.25, 0.3) is 0 Å². The number of H-pyrrole nitrogens is 1. The average molecular weight is 446 g/mol. The largest absolute Gasteiger partial charge is 0.497 e. The van der Waals surface area contributed by atoms with Gasteiger partial charge in [0.1, 0.15) is 5.75 Å². The van der Waals surface area contributed by atoms with Crippen LogP contribution < -0.4 is 4.74 Å². The topological polar surface area (TPSA) is 87.5 Å². The summed E-state index contributed by atoms with van der Waals surface area (Å²) >= 11 is 0. The number of hydrogen-bond donors (Lipinski definition) is 1. The minimum atomic E-state index is -0.170. The fourth-order valence-corrected chi connectivity index (χ4v) is 4.34. The van der Waals surface area contributed by atoms with Gasteiger partial charge in [-0.1, -0.05) is 23.4 Å². The maximum absolute atomic E-state index is 13.2. The molecule has 1 N–H and O–H groups in total. The molecule has 0 bridgehead atoms. The third-order valence-corrected chi connectivity index (χ3v) is 6.36. The highest BCUT2D eigenvalue weighted by Gasteiger charge is 2.28. The molecule has 1 saturated heterocycles. The van der Waals surface area contributed by atoms with Crippen molar-refractivity contribution >= 4 is 16.7 Å². The van der Waals surface area contributed by atoms with Crippen LogP contribution in [0.15, 0.2) is 59.3 Å². The number of ether oxygens (including phenoxy) is 1. The molecule has 0 saturated carbocycles. The van der Waals surface area contributed by atoms with Gasteiger partial charge in [-0.3, -0.25) is 14.6 Å². The Labute approximate surface area is 192 Å².